The number of aromatic nitrogens is 3. The lowest BCUT2D eigenvalue weighted by atomic mass is 9.98. The number of fused-ring (bicyclic) bond motifs is 1. The number of esters is 1. The van der Waals surface area contributed by atoms with Crippen LogP contribution in [0.25, 0.3) is 16.7 Å². The van der Waals surface area contributed by atoms with Crippen LogP contribution in [0.1, 0.15) is 31.9 Å². The molecule has 0 atom stereocenters. The number of nitrogens with zero attached hydrogens (tertiary/aromatic N) is 3. The van der Waals surface area contributed by atoms with Gasteiger partial charge in [-0.3, -0.25) is 0 Å². The Morgan fingerprint density at radius 3 is 2.24 bits per heavy atom. The third kappa shape index (κ3) is 5.12. The van der Waals surface area contributed by atoms with Gasteiger partial charge in [-0.1, -0.05) is 55.1 Å². The smallest absolute Gasteiger partial charge is 0.333 e. The van der Waals surface area contributed by atoms with Crippen LogP contribution in [0.4, 0.5) is 0 Å². The summed E-state index contributed by atoms with van der Waals surface area (Å²) in [5, 5.41) is 9.30. The van der Waals surface area contributed by atoms with Crippen molar-refractivity contribution in [2.45, 2.75) is 32.8 Å². The number of hydrogen-bond acceptors (Lipinski definition) is 5. The Bertz CT molecular complexity index is 1260. The van der Waals surface area contributed by atoms with Crippen LogP contribution in [-0.2, 0) is 21.6 Å². The highest BCUT2D eigenvalue weighted by molar-refractivity contribution is 5.86. The quantitative estimate of drug-likeness (QED) is 0.271. The van der Waals surface area contributed by atoms with Gasteiger partial charge in [-0.25, -0.2) is 4.79 Å². The fourth-order valence-corrected chi connectivity index (χ4v) is 3.49. The molecule has 0 N–H and O–H groups in total. The highest BCUT2D eigenvalue weighted by Crippen LogP contribution is 2.32. The van der Waals surface area contributed by atoms with Gasteiger partial charge in [0.1, 0.15) is 28.1 Å². The number of hydrogen-bond donors (Lipinski definition) is 0. The largest absolute Gasteiger partial charge is 0.481 e. The molecule has 0 amide bonds. The van der Waals surface area contributed by atoms with E-state index in [0.717, 1.165) is 27.8 Å². The molecule has 0 spiro atoms. The zero-order valence-corrected chi connectivity index (χ0v) is 19.1. The Labute approximate surface area is 193 Å². The molecule has 1 heterocycles. The van der Waals surface area contributed by atoms with E-state index < -0.39 is 5.60 Å². The average molecular weight is 442 g/mol. The molecular formula is C27H27N3O3. The van der Waals surface area contributed by atoms with Gasteiger partial charge in [0.05, 0.1) is 6.61 Å². The second-order valence-corrected chi connectivity index (χ2v) is 8.42. The summed E-state index contributed by atoms with van der Waals surface area (Å²) in [5.74, 6) is 0.270. The number of carbonyl (C=O) groups excluding carboxylic acids is 1. The van der Waals surface area contributed by atoms with Crippen LogP contribution in [0.15, 0.2) is 84.9 Å². The van der Waals surface area contributed by atoms with Gasteiger partial charge >= 0.3 is 5.97 Å². The zero-order valence-electron chi connectivity index (χ0n) is 19.1. The second-order valence-electron chi connectivity index (χ2n) is 8.42. The first-order valence-corrected chi connectivity index (χ1v) is 10.9. The summed E-state index contributed by atoms with van der Waals surface area (Å²) in [6.07, 6.45) is 0.551. The molecule has 0 aliphatic rings. The molecule has 4 rings (SSSR count). The van der Waals surface area contributed by atoms with E-state index in [9.17, 15) is 4.79 Å². The first-order chi connectivity index (χ1) is 15.8. The molecule has 3 aromatic carbocycles. The predicted octanol–water partition coefficient (Wildman–Crippen LogP) is 5.40. The normalized spacial score (nSPS) is 11.4. The van der Waals surface area contributed by atoms with Crippen molar-refractivity contribution in [1.82, 2.24) is 15.0 Å². The summed E-state index contributed by atoms with van der Waals surface area (Å²) >= 11 is 0. The van der Waals surface area contributed by atoms with Gasteiger partial charge < -0.3 is 9.47 Å². The van der Waals surface area contributed by atoms with Gasteiger partial charge in [0.2, 0.25) is 0 Å². The molecule has 0 aliphatic heterocycles. The maximum absolute atomic E-state index is 11.7. The molecule has 0 aliphatic carbocycles. The van der Waals surface area contributed by atoms with Crippen molar-refractivity contribution in [3.05, 3.63) is 96.1 Å². The van der Waals surface area contributed by atoms with E-state index in [1.807, 2.05) is 86.6 Å². The maximum atomic E-state index is 11.7. The highest BCUT2D eigenvalue weighted by atomic mass is 16.5. The average Bonchev–Trinajstić information content (AvgIpc) is 3.24. The predicted molar refractivity (Wildman–Crippen MR) is 128 cm³/mol. The minimum atomic E-state index is -0.568. The molecule has 6 nitrogen and oxygen atoms in total. The fourth-order valence-electron chi connectivity index (χ4n) is 3.49. The Kier molecular flexibility index (Phi) is 6.27. The van der Waals surface area contributed by atoms with Crippen molar-refractivity contribution < 1.29 is 14.3 Å². The summed E-state index contributed by atoms with van der Waals surface area (Å²) in [5.41, 5.74) is 4.17. The minimum Gasteiger partial charge on any atom is -0.481 e. The highest BCUT2D eigenvalue weighted by Gasteiger charge is 2.25. The van der Waals surface area contributed by atoms with Gasteiger partial charge in [-0.2, -0.15) is 0 Å². The standard InChI is InChI=1S/C27H27N3O3/c1-19(2)26(31)32-17-16-20-14-15-25(33-27(3,4)21-10-6-5-7-11-21)24(18-20)30-28-22-12-8-9-13-23(22)29-30/h5-15,18H,1,16-17H2,2-4H3. The number of carbonyl (C=O) groups is 1. The lowest BCUT2D eigenvalue weighted by Crippen LogP contribution is -2.26. The van der Waals surface area contributed by atoms with Gasteiger partial charge in [-0.15, -0.1) is 15.0 Å². The number of ether oxygens (including phenoxy) is 2. The van der Waals surface area contributed by atoms with E-state index in [-0.39, 0.29) is 12.6 Å². The number of rotatable bonds is 8. The molecule has 4 aromatic rings. The molecule has 0 unspecified atom stereocenters. The van der Waals surface area contributed by atoms with Gasteiger partial charge in [0, 0.05) is 12.0 Å². The van der Waals surface area contributed by atoms with Gasteiger partial charge in [0.15, 0.2) is 0 Å². The van der Waals surface area contributed by atoms with Crippen molar-refractivity contribution in [2.24, 2.45) is 0 Å². The third-order valence-corrected chi connectivity index (χ3v) is 5.33. The van der Waals surface area contributed by atoms with Crippen molar-refractivity contribution in [2.75, 3.05) is 6.61 Å². The molecule has 0 saturated carbocycles. The molecule has 0 saturated heterocycles. The lowest BCUT2D eigenvalue weighted by molar-refractivity contribution is -0.138. The lowest BCUT2D eigenvalue weighted by Gasteiger charge is -2.28. The Balaban J connectivity index is 1.68. The Hall–Kier alpha value is -3.93. The molecule has 0 fully saturated rings. The van der Waals surface area contributed by atoms with Gasteiger partial charge in [0.25, 0.3) is 0 Å². The maximum Gasteiger partial charge on any atom is 0.333 e. The second kappa shape index (κ2) is 9.28. The summed E-state index contributed by atoms with van der Waals surface area (Å²) in [7, 11) is 0. The van der Waals surface area contributed by atoms with E-state index in [4.69, 9.17) is 9.47 Å². The zero-order chi connectivity index (χ0) is 23.4. The number of benzene rings is 3. The SMILES string of the molecule is C=C(C)C(=O)OCCc1ccc(OC(C)(C)c2ccccc2)c(-n2nc3ccccc3n2)c1. The van der Waals surface area contributed by atoms with Crippen molar-refractivity contribution in [1.29, 1.82) is 0 Å². The summed E-state index contributed by atoms with van der Waals surface area (Å²) in [4.78, 5) is 13.3. The van der Waals surface area contributed by atoms with Crippen molar-refractivity contribution in [3.8, 4) is 11.4 Å². The van der Waals surface area contributed by atoms with Crippen LogP contribution < -0.4 is 4.74 Å². The summed E-state index contributed by atoms with van der Waals surface area (Å²) in [6.45, 7) is 9.57. The van der Waals surface area contributed by atoms with Gasteiger partial charge in [-0.05, 0) is 56.2 Å². The summed E-state index contributed by atoms with van der Waals surface area (Å²) < 4.78 is 11.8. The first kappa shape index (κ1) is 22.3. The van der Waals surface area contributed by atoms with E-state index in [1.165, 1.54) is 0 Å². The first-order valence-electron chi connectivity index (χ1n) is 10.9. The Morgan fingerprint density at radius 1 is 0.970 bits per heavy atom. The molecule has 33 heavy (non-hydrogen) atoms. The van der Waals surface area contributed by atoms with E-state index >= 15 is 0 Å². The van der Waals surface area contributed by atoms with Crippen LogP contribution in [-0.4, -0.2) is 27.6 Å². The fraction of sp³-hybridized carbons (Fsp3) is 0.222. The van der Waals surface area contributed by atoms with Crippen molar-refractivity contribution in [3.63, 3.8) is 0 Å². The van der Waals surface area contributed by atoms with Crippen LogP contribution in [0.3, 0.4) is 0 Å². The molecule has 0 radical (unpaired) electrons. The molecule has 0 bridgehead atoms. The summed E-state index contributed by atoms with van der Waals surface area (Å²) in [6, 6.07) is 23.7. The topological polar surface area (TPSA) is 66.2 Å². The molecule has 6 heteroatoms. The molecular weight excluding hydrogens is 414 g/mol. The monoisotopic (exact) mass is 441 g/mol. The van der Waals surface area contributed by atoms with E-state index in [2.05, 4.69) is 16.8 Å². The third-order valence-electron chi connectivity index (χ3n) is 5.33. The van der Waals surface area contributed by atoms with Crippen LogP contribution in [0.2, 0.25) is 0 Å². The molecule has 168 valence electrons. The minimum absolute atomic E-state index is 0.259. The van der Waals surface area contributed by atoms with E-state index in [0.29, 0.717) is 17.7 Å². The van der Waals surface area contributed by atoms with Crippen LogP contribution >= 0.6 is 0 Å². The van der Waals surface area contributed by atoms with Crippen LogP contribution in [0, 0.1) is 0 Å². The Morgan fingerprint density at radius 2 is 1.61 bits per heavy atom. The van der Waals surface area contributed by atoms with Crippen LogP contribution in [0.5, 0.6) is 5.75 Å². The molecule has 1 aromatic heterocycles. The van der Waals surface area contributed by atoms with E-state index in [1.54, 1.807) is 11.7 Å². The van der Waals surface area contributed by atoms with Crippen molar-refractivity contribution >= 4 is 17.0 Å².